The van der Waals surface area contributed by atoms with Gasteiger partial charge in [-0.05, 0) is 28.1 Å². The molecule has 2 aromatic heterocycles. The number of tetrazole rings is 1. The van der Waals surface area contributed by atoms with Crippen molar-refractivity contribution in [2.75, 3.05) is 5.32 Å². The van der Waals surface area contributed by atoms with Crippen molar-refractivity contribution in [2.45, 2.75) is 0 Å². The fourth-order valence-corrected chi connectivity index (χ4v) is 2.23. The van der Waals surface area contributed by atoms with Crippen molar-refractivity contribution in [1.29, 1.82) is 0 Å². The first-order chi connectivity index (χ1) is 12.4. The van der Waals surface area contributed by atoms with Gasteiger partial charge in [0.1, 0.15) is 0 Å². The Morgan fingerprint density at radius 2 is 2.00 bits per heavy atom. The SMILES string of the molecule is C=Cc1cccc(-n2c(=O)c(C(=O)Nc3nnnn3C)nn(C)c2=O)c1. The van der Waals surface area contributed by atoms with Crippen molar-refractivity contribution >= 4 is 17.9 Å². The van der Waals surface area contributed by atoms with Gasteiger partial charge in [-0.2, -0.15) is 5.10 Å². The topological polar surface area (TPSA) is 130 Å². The predicted molar refractivity (Wildman–Crippen MR) is 91.9 cm³/mol. The molecular weight excluding hydrogens is 340 g/mol. The highest BCUT2D eigenvalue weighted by Crippen LogP contribution is 2.08. The lowest BCUT2D eigenvalue weighted by molar-refractivity contribution is 0.101. The third-order valence-electron chi connectivity index (χ3n) is 3.55. The number of amides is 1. The fourth-order valence-electron chi connectivity index (χ4n) is 2.23. The van der Waals surface area contributed by atoms with Crippen molar-refractivity contribution < 1.29 is 4.79 Å². The standard InChI is InChI=1S/C15H14N8O3/c1-4-9-6-5-7-10(8-9)23-13(25)11(18-22(3)15(23)26)12(24)16-14-17-19-20-21(14)2/h4-8H,1H2,2-3H3,(H,16,17,20,24). The van der Waals surface area contributed by atoms with E-state index < -0.39 is 22.9 Å². The molecule has 2 heterocycles. The Morgan fingerprint density at radius 1 is 1.23 bits per heavy atom. The summed E-state index contributed by atoms with van der Waals surface area (Å²) in [7, 11) is 2.86. The molecule has 1 amide bonds. The highest BCUT2D eigenvalue weighted by Gasteiger charge is 2.21. The number of anilines is 1. The minimum atomic E-state index is -0.859. The van der Waals surface area contributed by atoms with Gasteiger partial charge in [-0.15, -0.1) is 0 Å². The predicted octanol–water partition coefficient (Wildman–Crippen LogP) is -0.650. The van der Waals surface area contributed by atoms with E-state index in [1.54, 1.807) is 30.3 Å². The molecule has 0 unspecified atom stereocenters. The van der Waals surface area contributed by atoms with E-state index in [0.29, 0.717) is 11.3 Å². The van der Waals surface area contributed by atoms with Crippen LogP contribution < -0.4 is 16.6 Å². The first kappa shape index (κ1) is 17.0. The van der Waals surface area contributed by atoms with Crippen molar-refractivity contribution in [3.05, 3.63) is 62.9 Å². The number of aromatic nitrogens is 7. The van der Waals surface area contributed by atoms with E-state index in [4.69, 9.17) is 0 Å². The lowest BCUT2D eigenvalue weighted by atomic mass is 10.2. The summed E-state index contributed by atoms with van der Waals surface area (Å²) >= 11 is 0. The Labute approximate surface area is 146 Å². The summed E-state index contributed by atoms with van der Waals surface area (Å²) < 4.78 is 2.99. The van der Waals surface area contributed by atoms with Crippen LogP contribution >= 0.6 is 0 Å². The number of rotatable bonds is 4. The van der Waals surface area contributed by atoms with Crippen LogP contribution in [0, 0.1) is 0 Å². The largest absolute Gasteiger partial charge is 0.351 e. The molecule has 0 atom stereocenters. The maximum atomic E-state index is 12.7. The van der Waals surface area contributed by atoms with E-state index in [1.165, 1.54) is 18.8 Å². The number of hydrogen-bond acceptors (Lipinski definition) is 7. The van der Waals surface area contributed by atoms with Gasteiger partial charge in [0, 0.05) is 14.1 Å². The number of nitrogens with zero attached hydrogens (tertiary/aromatic N) is 7. The Hall–Kier alpha value is -3.89. The molecular formula is C15H14N8O3. The summed E-state index contributed by atoms with van der Waals surface area (Å²) in [6.07, 6.45) is 1.58. The Balaban J connectivity index is 2.14. The van der Waals surface area contributed by atoms with E-state index in [0.717, 1.165) is 9.25 Å². The van der Waals surface area contributed by atoms with Gasteiger partial charge < -0.3 is 0 Å². The molecule has 3 aromatic rings. The second-order valence-corrected chi connectivity index (χ2v) is 5.27. The van der Waals surface area contributed by atoms with Crippen LogP contribution in [0.1, 0.15) is 16.1 Å². The molecule has 132 valence electrons. The van der Waals surface area contributed by atoms with Gasteiger partial charge in [0.2, 0.25) is 11.6 Å². The first-order valence-electron chi connectivity index (χ1n) is 7.39. The second-order valence-electron chi connectivity index (χ2n) is 5.27. The van der Waals surface area contributed by atoms with Crippen LogP contribution in [0.25, 0.3) is 11.8 Å². The zero-order valence-electron chi connectivity index (χ0n) is 13.9. The van der Waals surface area contributed by atoms with Crippen molar-refractivity contribution in [1.82, 2.24) is 34.6 Å². The van der Waals surface area contributed by atoms with Gasteiger partial charge in [-0.3, -0.25) is 14.9 Å². The van der Waals surface area contributed by atoms with Gasteiger partial charge in [-0.25, -0.2) is 18.7 Å². The zero-order chi connectivity index (χ0) is 18.8. The number of benzene rings is 1. The van der Waals surface area contributed by atoms with Gasteiger partial charge in [0.15, 0.2) is 0 Å². The van der Waals surface area contributed by atoms with E-state index >= 15 is 0 Å². The van der Waals surface area contributed by atoms with Crippen LogP contribution in [0.4, 0.5) is 5.95 Å². The van der Waals surface area contributed by atoms with E-state index in [2.05, 4.69) is 32.5 Å². The molecule has 0 aliphatic rings. The van der Waals surface area contributed by atoms with Gasteiger partial charge in [-0.1, -0.05) is 29.9 Å². The maximum Gasteiger partial charge on any atom is 0.351 e. The summed E-state index contributed by atoms with van der Waals surface area (Å²) in [5, 5.41) is 16.7. The lowest BCUT2D eigenvalue weighted by Gasteiger charge is -2.10. The highest BCUT2D eigenvalue weighted by molar-refractivity contribution is 6.01. The molecule has 11 nitrogen and oxygen atoms in total. The third kappa shape index (κ3) is 2.92. The van der Waals surface area contributed by atoms with Crippen LogP contribution in [-0.2, 0) is 14.1 Å². The zero-order valence-corrected chi connectivity index (χ0v) is 13.9. The minimum absolute atomic E-state index is 0.0326. The monoisotopic (exact) mass is 354 g/mol. The van der Waals surface area contributed by atoms with Crippen molar-refractivity contribution in [2.24, 2.45) is 14.1 Å². The lowest BCUT2D eigenvalue weighted by Crippen LogP contribution is -2.43. The van der Waals surface area contributed by atoms with E-state index in [1.807, 2.05) is 0 Å². The van der Waals surface area contributed by atoms with Gasteiger partial charge in [0.05, 0.1) is 5.69 Å². The summed E-state index contributed by atoms with van der Waals surface area (Å²) in [6, 6.07) is 6.61. The summed E-state index contributed by atoms with van der Waals surface area (Å²) in [5.41, 5.74) is -1.01. The van der Waals surface area contributed by atoms with Gasteiger partial charge in [0.25, 0.3) is 11.5 Å². The molecule has 0 radical (unpaired) electrons. The highest BCUT2D eigenvalue weighted by atomic mass is 16.2. The number of carbonyl (C=O) groups is 1. The van der Waals surface area contributed by atoms with E-state index in [9.17, 15) is 14.4 Å². The molecule has 0 saturated carbocycles. The van der Waals surface area contributed by atoms with Crippen molar-refractivity contribution in [3.8, 4) is 5.69 Å². The normalized spacial score (nSPS) is 10.5. The number of carbonyl (C=O) groups excluding carboxylic acids is 1. The van der Waals surface area contributed by atoms with Crippen molar-refractivity contribution in [3.63, 3.8) is 0 Å². The molecule has 1 aromatic carbocycles. The molecule has 11 heteroatoms. The van der Waals surface area contributed by atoms with Crippen LogP contribution in [0.5, 0.6) is 0 Å². The fraction of sp³-hybridized carbons (Fsp3) is 0.133. The quantitative estimate of drug-likeness (QED) is 0.659. The van der Waals surface area contributed by atoms with Crippen LogP contribution in [0.3, 0.4) is 0 Å². The smallest absolute Gasteiger partial charge is 0.288 e. The number of nitrogens with one attached hydrogen (secondary N) is 1. The number of aryl methyl sites for hydroxylation is 2. The van der Waals surface area contributed by atoms with Crippen LogP contribution in [0.2, 0.25) is 0 Å². The average Bonchev–Trinajstić information content (AvgIpc) is 3.03. The molecule has 26 heavy (non-hydrogen) atoms. The molecule has 0 fully saturated rings. The molecule has 0 bridgehead atoms. The van der Waals surface area contributed by atoms with Gasteiger partial charge >= 0.3 is 5.69 Å². The second kappa shape index (κ2) is 6.55. The Bertz CT molecular complexity index is 1120. The maximum absolute atomic E-state index is 12.7. The summed E-state index contributed by atoms with van der Waals surface area (Å²) in [5.74, 6) is -0.803. The number of hydrogen-bond donors (Lipinski definition) is 1. The Morgan fingerprint density at radius 3 is 2.65 bits per heavy atom. The van der Waals surface area contributed by atoms with E-state index in [-0.39, 0.29) is 5.95 Å². The molecule has 1 N–H and O–H groups in total. The first-order valence-corrected chi connectivity index (χ1v) is 7.39. The third-order valence-corrected chi connectivity index (χ3v) is 3.55. The Kier molecular flexibility index (Phi) is 4.27. The average molecular weight is 354 g/mol. The molecule has 0 spiro atoms. The minimum Gasteiger partial charge on any atom is -0.288 e. The summed E-state index contributed by atoms with van der Waals surface area (Å²) in [6.45, 7) is 3.66. The van der Waals surface area contributed by atoms with Crippen LogP contribution in [0.15, 0.2) is 40.4 Å². The molecule has 0 aliphatic heterocycles. The van der Waals surface area contributed by atoms with Crippen LogP contribution in [-0.4, -0.2) is 40.5 Å². The molecule has 0 aliphatic carbocycles. The molecule has 0 saturated heterocycles. The molecule has 3 rings (SSSR count). The summed E-state index contributed by atoms with van der Waals surface area (Å²) in [4.78, 5) is 37.6.